The number of aromatic nitrogens is 1. The first-order valence-corrected chi connectivity index (χ1v) is 8.00. The summed E-state index contributed by atoms with van der Waals surface area (Å²) in [5.74, 6) is 0. The number of hydrogen-bond acceptors (Lipinski definition) is 3. The third-order valence-electron chi connectivity index (χ3n) is 3.09. The van der Waals surface area contributed by atoms with Crippen molar-refractivity contribution in [2.24, 2.45) is 0 Å². The molecule has 7 heteroatoms. The van der Waals surface area contributed by atoms with Gasteiger partial charge in [-0.05, 0) is 36.8 Å². The van der Waals surface area contributed by atoms with E-state index < -0.39 is 6.03 Å². The third-order valence-corrected chi connectivity index (χ3v) is 4.77. The summed E-state index contributed by atoms with van der Waals surface area (Å²) >= 11 is 13.5. The zero-order valence-corrected chi connectivity index (χ0v) is 13.8. The van der Waals surface area contributed by atoms with Gasteiger partial charge in [-0.1, -0.05) is 46.7 Å². The molecule has 3 aromatic rings. The van der Waals surface area contributed by atoms with E-state index in [0.29, 0.717) is 20.9 Å². The van der Waals surface area contributed by atoms with E-state index in [1.165, 1.54) is 11.3 Å². The molecule has 0 aliphatic heterocycles. The Morgan fingerprint density at radius 1 is 1.09 bits per heavy atom. The predicted molar refractivity (Wildman–Crippen MR) is 93.5 cm³/mol. The van der Waals surface area contributed by atoms with Crippen molar-refractivity contribution in [2.45, 2.75) is 6.92 Å². The molecule has 2 amide bonds. The zero-order valence-electron chi connectivity index (χ0n) is 11.5. The molecule has 0 bridgehead atoms. The number of thiazole rings is 1. The van der Waals surface area contributed by atoms with Gasteiger partial charge < -0.3 is 5.32 Å². The average Bonchev–Trinajstić information content (AvgIpc) is 2.89. The number of benzene rings is 2. The van der Waals surface area contributed by atoms with Crippen LogP contribution in [0.3, 0.4) is 0 Å². The number of aryl methyl sites for hydroxylation is 1. The molecule has 4 nitrogen and oxygen atoms in total. The van der Waals surface area contributed by atoms with Crippen LogP contribution in [0, 0.1) is 6.92 Å². The van der Waals surface area contributed by atoms with E-state index in [4.69, 9.17) is 23.2 Å². The van der Waals surface area contributed by atoms with E-state index in [1.807, 2.05) is 19.1 Å². The number of carbonyl (C=O) groups excluding carboxylic acids is 1. The van der Waals surface area contributed by atoms with E-state index in [0.717, 1.165) is 15.8 Å². The monoisotopic (exact) mass is 351 g/mol. The molecule has 0 aliphatic carbocycles. The van der Waals surface area contributed by atoms with Gasteiger partial charge in [-0.25, -0.2) is 9.78 Å². The number of urea groups is 1. The summed E-state index contributed by atoms with van der Waals surface area (Å²) in [6, 6.07) is 10.3. The lowest BCUT2D eigenvalue weighted by molar-refractivity contribution is 0.262. The Hall–Kier alpha value is -1.82. The first kappa shape index (κ1) is 15.1. The SMILES string of the molecule is Cc1c(Cl)ccc2sc(NC(=O)Nc3ccccc3Cl)nc12. The average molecular weight is 352 g/mol. The number of nitrogens with one attached hydrogen (secondary N) is 2. The summed E-state index contributed by atoms with van der Waals surface area (Å²) in [6.45, 7) is 1.90. The molecule has 0 saturated carbocycles. The van der Waals surface area contributed by atoms with E-state index >= 15 is 0 Å². The Labute approximate surface area is 141 Å². The van der Waals surface area contributed by atoms with Crippen LogP contribution in [0.4, 0.5) is 15.6 Å². The van der Waals surface area contributed by atoms with Crippen LogP contribution in [0.2, 0.25) is 10.0 Å². The molecular formula is C15H11Cl2N3OS. The lowest BCUT2D eigenvalue weighted by atomic mass is 10.2. The summed E-state index contributed by atoms with van der Waals surface area (Å²) in [5.41, 5.74) is 2.24. The van der Waals surface area contributed by atoms with Crippen molar-refractivity contribution in [3.63, 3.8) is 0 Å². The van der Waals surface area contributed by atoms with Crippen molar-refractivity contribution in [2.75, 3.05) is 10.6 Å². The van der Waals surface area contributed by atoms with Crippen molar-refractivity contribution in [1.29, 1.82) is 0 Å². The highest BCUT2D eigenvalue weighted by Crippen LogP contribution is 2.31. The van der Waals surface area contributed by atoms with E-state index in [9.17, 15) is 4.79 Å². The predicted octanol–water partition coefficient (Wildman–Crippen LogP) is 5.56. The van der Waals surface area contributed by atoms with Crippen LogP contribution in [0.5, 0.6) is 0 Å². The topological polar surface area (TPSA) is 54.0 Å². The second kappa shape index (κ2) is 6.12. The van der Waals surface area contributed by atoms with Gasteiger partial charge in [-0.2, -0.15) is 0 Å². The van der Waals surface area contributed by atoms with Gasteiger partial charge in [0.2, 0.25) is 0 Å². The lowest BCUT2D eigenvalue weighted by Crippen LogP contribution is -2.19. The summed E-state index contributed by atoms with van der Waals surface area (Å²) in [6.07, 6.45) is 0. The third kappa shape index (κ3) is 3.02. The van der Waals surface area contributed by atoms with Crippen molar-refractivity contribution in [1.82, 2.24) is 4.98 Å². The van der Waals surface area contributed by atoms with Gasteiger partial charge >= 0.3 is 6.03 Å². The maximum Gasteiger partial charge on any atom is 0.325 e. The van der Waals surface area contributed by atoms with E-state index in [2.05, 4.69) is 15.6 Å². The van der Waals surface area contributed by atoms with Gasteiger partial charge in [-0.15, -0.1) is 0 Å². The number of halogens is 2. The Morgan fingerprint density at radius 2 is 1.86 bits per heavy atom. The molecule has 112 valence electrons. The highest BCUT2D eigenvalue weighted by molar-refractivity contribution is 7.22. The fraction of sp³-hybridized carbons (Fsp3) is 0.0667. The fourth-order valence-corrected chi connectivity index (χ4v) is 3.22. The molecule has 1 heterocycles. The van der Waals surface area contributed by atoms with Gasteiger partial charge in [0.05, 0.1) is 20.9 Å². The molecule has 0 unspecified atom stereocenters. The van der Waals surface area contributed by atoms with Gasteiger partial charge in [-0.3, -0.25) is 5.32 Å². The molecule has 2 aromatic carbocycles. The number of fused-ring (bicyclic) bond motifs is 1. The maximum atomic E-state index is 12.0. The summed E-state index contributed by atoms with van der Waals surface area (Å²) < 4.78 is 0.968. The molecule has 0 aliphatic rings. The molecule has 22 heavy (non-hydrogen) atoms. The molecule has 0 atom stereocenters. The minimum absolute atomic E-state index is 0.393. The number of rotatable bonds is 2. The Morgan fingerprint density at radius 3 is 2.64 bits per heavy atom. The first-order valence-electron chi connectivity index (χ1n) is 6.43. The Kier molecular flexibility index (Phi) is 4.20. The molecule has 2 N–H and O–H groups in total. The standard InChI is InChI=1S/C15H11Cl2N3OS/c1-8-9(16)6-7-12-13(8)19-15(22-12)20-14(21)18-11-5-3-2-4-10(11)17/h2-7H,1H3,(H2,18,19,20,21). The number of hydrogen-bond donors (Lipinski definition) is 2. The Bertz CT molecular complexity index is 863. The Balaban J connectivity index is 1.80. The zero-order chi connectivity index (χ0) is 15.7. The molecule has 0 fully saturated rings. The van der Waals surface area contributed by atoms with Gasteiger partial charge in [0.1, 0.15) is 0 Å². The molecule has 0 spiro atoms. The summed E-state index contributed by atoms with van der Waals surface area (Å²) in [7, 11) is 0. The second-order valence-electron chi connectivity index (χ2n) is 4.60. The minimum atomic E-state index is -0.393. The molecule has 3 rings (SSSR count). The second-order valence-corrected chi connectivity index (χ2v) is 6.44. The molecular weight excluding hydrogens is 341 g/mol. The number of para-hydroxylation sites is 1. The number of nitrogens with zero attached hydrogens (tertiary/aromatic N) is 1. The van der Waals surface area contributed by atoms with Crippen LogP contribution in [-0.4, -0.2) is 11.0 Å². The van der Waals surface area contributed by atoms with Crippen molar-refractivity contribution in [3.8, 4) is 0 Å². The van der Waals surface area contributed by atoms with Crippen LogP contribution in [0.25, 0.3) is 10.2 Å². The van der Waals surface area contributed by atoms with E-state index in [1.54, 1.807) is 24.3 Å². The van der Waals surface area contributed by atoms with Gasteiger partial charge in [0.25, 0.3) is 0 Å². The van der Waals surface area contributed by atoms with Crippen molar-refractivity contribution in [3.05, 3.63) is 52.0 Å². The molecule has 0 radical (unpaired) electrons. The normalized spacial score (nSPS) is 10.7. The van der Waals surface area contributed by atoms with Crippen LogP contribution < -0.4 is 10.6 Å². The number of amides is 2. The van der Waals surface area contributed by atoms with Crippen LogP contribution in [0.1, 0.15) is 5.56 Å². The van der Waals surface area contributed by atoms with Crippen LogP contribution >= 0.6 is 34.5 Å². The van der Waals surface area contributed by atoms with E-state index in [-0.39, 0.29) is 0 Å². The summed E-state index contributed by atoms with van der Waals surface area (Å²) in [5, 5.41) is 7.04. The minimum Gasteiger partial charge on any atom is -0.306 e. The van der Waals surface area contributed by atoms with Crippen LogP contribution in [-0.2, 0) is 0 Å². The highest BCUT2D eigenvalue weighted by Gasteiger charge is 2.11. The first-order chi connectivity index (χ1) is 10.5. The molecule has 1 aromatic heterocycles. The fourth-order valence-electron chi connectivity index (χ4n) is 1.97. The van der Waals surface area contributed by atoms with Crippen LogP contribution in [0.15, 0.2) is 36.4 Å². The summed E-state index contributed by atoms with van der Waals surface area (Å²) in [4.78, 5) is 16.4. The van der Waals surface area contributed by atoms with Gasteiger partial charge in [0.15, 0.2) is 5.13 Å². The quantitative estimate of drug-likeness (QED) is 0.635. The smallest absolute Gasteiger partial charge is 0.306 e. The van der Waals surface area contributed by atoms with Crippen molar-refractivity contribution < 1.29 is 4.79 Å². The molecule has 0 saturated heterocycles. The van der Waals surface area contributed by atoms with Crippen molar-refractivity contribution >= 4 is 61.6 Å². The maximum absolute atomic E-state index is 12.0. The van der Waals surface area contributed by atoms with Gasteiger partial charge in [0, 0.05) is 5.02 Å². The number of anilines is 2. The number of carbonyl (C=O) groups is 1. The largest absolute Gasteiger partial charge is 0.325 e. The lowest BCUT2D eigenvalue weighted by Gasteiger charge is -2.06. The highest BCUT2D eigenvalue weighted by atomic mass is 35.5.